The number of aromatic nitrogens is 2. The van der Waals surface area contributed by atoms with Gasteiger partial charge in [-0.1, -0.05) is 0 Å². The Labute approximate surface area is 122 Å². The van der Waals surface area contributed by atoms with E-state index in [1.807, 2.05) is 31.0 Å². The lowest BCUT2D eigenvalue weighted by atomic mass is 10.2. The maximum absolute atomic E-state index is 4.31. The van der Waals surface area contributed by atoms with E-state index in [-0.39, 0.29) is 0 Å². The minimum atomic E-state index is 1.12. The van der Waals surface area contributed by atoms with Gasteiger partial charge in [0.15, 0.2) is 0 Å². The third-order valence-electron chi connectivity index (χ3n) is 2.27. The van der Waals surface area contributed by atoms with Gasteiger partial charge in [-0.3, -0.25) is 0 Å². The molecule has 2 aromatic rings. The molecule has 3 nitrogen and oxygen atoms in total. The van der Waals surface area contributed by atoms with E-state index in [2.05, 4.69) is 73.4 Å². The number of anilines is 1. The van der Waals surface area contributed by atoms with E-state index in [1.165, 1.54) is 9.26 Å². The van der Waals surface area contributed by atoms with Crippen LogP contribution in [0.1, 0.15) is 0 Å². The van der Waals surface area contributed by atoms with Gasteiger partial charge in [0.05, 0.1) is 11.9 Å². The smallest absolute Gasteiger partial charge is 0.105 e. The lowest BCUT2D eigenvalue weighted by Crippen LogP contribution is -2.09. The Bertz CT molecular complexity index is 506. The molecule has 1 aromatic carbocycles. The highest BCUT2D eigenvalue weighted by molar-refractivity contribution is 14.1. The predicted octanol–water partition coefficient (Wildman–Crippen LogP) is 3.15. The molecule has 0 radical (unpaired) electrons. The topological polar surface area (TPSA) is 21.1 Å². The van der Waals surface area contributed by atoms with Crippen LogP contribution in [-0.2, 0) is 0 Å². The van der Waals surface area contributed by atoms with Crippen molar-refractivity contribution in [1.82, 2.24) is 9.78 Å². The second kappa shape index (κ2) is 4.91. The fraction of sp³-hybridized carbons (Fsp3) is 0.182. The molecule has 2 rings (SSSR count). The Hall–Kier alpha value is -0.310. The summed E-state index contributed by atoms with van der Waals surface area (Å²) in [7, 11) is 4.09. The van der Waals surface area contributed by atoms with Gasteiger partial charge < -0.3 is 4.90 Å². The van der Waals surface area contributed by atoms with Gasteiger partial charge in [0, 0.05) is 23.4 Å². The molecule has 0 bridgehead atoms. The van der Waals surface area contributed by atoms with Crippen LogP contribution in [0.5, 0.6) is 0 Å². The van der Waals surface area contributed by atoms with Crippen LogP contribution in [0.2, 0.25) is 0 Å². The molecule has 0 saturated carbocycles. The molecule has 0 spiro atoms. The third kappa shape index (κ3) is 2.34. The average molecular weight is 439 g/mol. The molecule has 0 N–H and O–H groups in total. The second-order valence-electron chi connectivity index (χ2n) is 3.60. The highest BCUT2D eigenvalue weighted by Gasteiger charge is 2.07. The number of hydrogen-bond donors (Lipinski definition) is 0. The van der Waals surface area contributed by atoms with Crippen LogP contribution in [0.15, 0.2) is 30.5 Å². The highest BCUT2D eigenvalue weighted by atomic mass is 127. The Morgan fingerprint density at radius 3 is 2.44 bits per heavy atom. The summed E-state index contributed by atoms with van der Waals surface area (Å²) in [6, 6.07) is 8.37. The lowest BCUT2D eigenvalue weighted by molar-refractivity contribution is 0.853. The summed E-state index contributed by atoms with van der Waals surface area (Å²) < 4.78 is 4.26. The molecule has 0 aliphatic rings. The molecule has 84 valence electrons. The Balaban J connectivity index is 2.48. The van der Waals surface area contributed by atoms with E-state index in [0.29, 0.717) is 0 Å². The van der Waals surface area contributed by atoms with Crippen molar-refractivity contribution in [3.8, 4) is 5.69 Å². The Morgan fingerprint density at radius 2 is 1.94 bits per heavy atom. The second-order valence-corrected chi connectivity index (χ2v) is 5.86. The monoisotopic (exact) mass is 439 g/mol. The first-order valence-electron chi connectivity index (χ1n) is 4.76. The van der Waals surface area contributed by atoms with Crippen LogP contribution in [0.25, 0.3) is 5.69 Å². The summed E-state index contributed by atoms with van der Waals surface area (Å²) in [5.41, 5.74) is 2.33. The molecule has 0 unspecified atom stereocenters. The normalized spacial score (nSPS) is 10.5. The summed E-state index contributed by atoms with van der Waals surface area (Å²) in [5.74, 6) is 0. The van der Waals surface area contributed by atoms with E-state index < -0.39 is 0 Å². The zero-order chi connectivity index (χ0) is 11.7. The van der Waals surface area contributed by atoms with Crippen molar-refractivity contribution in [1.29, 1.82) is 0 Å². The quantitative estimate of drug-likeness (QED) is 0.671. The molecule has 0 fully saturated rings. The van der Waals surface area contributed by atoms with Gasteiger partial charge in [-0.25, -0.2) is 4.68 Å². The first kappa shape index (κ1) is 12.2. The maximum atomic E-state index is 4.31. The van der Waals surface area contributed by atoms with Gasteiger partial charge in [-0.2, -0.15) is 5.10 Å². The van der Waals surface area contributed by atoms with Crippen molar-refractivity contribution in [2.24, 2.45) is 0 Å². The average Bonchev–Trinajstić information content (AvgIpc) is 2.64. The molecule has 0 atom stereocenters. The summed E-state index contributed by atoms with van der Waals surface area (Å²) >= 11 is 4.63. The van der Waals surface area contributed by atoms with Crippen LogP contribution >= 0.6 is 45.2 Å². The molecule has 0 aliphatic heterocycles. The van der Waals surface area contributed by atoms with E-state index in [1.54, 1.807) is 0 Å². The van der Waals surface area contributed by atoms with E-state index in [4.69, 9.17) is 0 Å². The van der Waals surface area contributed by atoms with Gasteiger partial charge >= 0.3 is 0 Å². The number of halogens is 2. The highest BCUT2D eigenvalue weighted by Crippen LogP contribution is 2.23. The minimum Gasteiger partial charge on any atom is -0.378 e. The summed E-state index contributed by atoms with van der Waals surface area (Å²) in [4.78, 5) is 2.10. The van der Waals surface area contributed by atoms with Crippen LogP contribution in [-0.4, -0.2) is 23.9 Å². The van der Waals surface area contributed by atoms with Crippen LogP contribution in [0.4, 0.5) is 5.69 Å². The van der Waals surface area contributed by atoms with Crippen molar-refractivity contribution < 1.29 is 0 Å². The van der Waals surface area contributed by atoms with Crippen LogP contribution in [0, 0.1) is 7.27 Å². The Kier molecular flexibility index (Phi) is 3.73. The third-order valence-corrected chi connectivity index (χ3v) is 3.95. The number of nitrogens with zero attached hydrogens (tertiary/aromatic N) is 3. The molecule has 0 saturated heterocycles. The summed E-state index contributed by atoms with van der Waals surface area (Å²) in [6.07, 6.45) is 1.82. The molecule has 0 aliphatic carbocycles. The minimum absolute atomic E-state index is 1.12. The summed E-state index contributed by atoms with van der Waals surface area (Å²) in [5, 5.41) is 4.31. The zero-order valence-electron chi connectivity index (χ0n) is 8.98. The van der Waals surface area contributed by atoms with Crippen molar-refractivity contribution in [3.63, 3.8) is 0 Å². The molecule has 0 amide bonds. The first-order chi connectivity index (χ1) is 7.59. The largest absolute Gasteiger partial charge is 0.378 e. The van der Waals surface area contributed by atoms with Crippen molar-refractivity contribution in [2.45, 2.75) is 0 Å². The van der Waals surface area contributed by atoms with Gasteiger partial charge in [0.2, 0.25) is 0 Å². The molecule has 16 heavy (non-hydrogen) atoms. The SMILES string of the molecule is CN(C)c1ccc(-n2nccc2I)c(I)c1. The summed E-state index contributed by atoms with van der Waals surface area (Å²) in [6.45, 7) is 0. The van der Waals surface area contributed by atoms with Crippen molar-refractivity contribution in [3.05, 3.63) is 37.7 Å². The zero-order valence-corrected chi connectivity index (χ0v) is 13.3. The fourth-order valence-electron chi connectivity index (χ4n) is 1.41. The first-order valence-corrected chi connectivity index (χ1v) is 6.92. The maximum Gasteiger partial charge on any atom is 0.105 e. The number of benzene rings is 1. The molecule has 1 aromatic heterocycles. The van der Waals surface area contributed by atoms with Gasteiger partial charge in [0.1, 0.15) is 3.70 Å². The molecule has 1 heterocycles. The predicted molar refractivity (Wildman–Crippen MR) is 83.3 cm³/mol. The van der Waals surface area contributed by atoms with E-state index in [0.717, 1.165) is 9.39 Å². The fourth-order valence-corrected chi connectivity index (χ4v) is 2.68. The van der Waals surface area contributed by atoms with Crippen LogP contribution in [0.3, 0.4) is 0 Å². The molecular weight excluding hydrogens is 428 g/mol. The van der Waals surface area contributed by atoms with Gasteiger partial charge in [-0.15, -0.1) is 0 Å². The standard InChI is InChI=1S/C11H11I2N3/c1-15(2)8-3-4-10(9(12)7-8)16-11(13)5-6-14-16/h3-7H,1-2H3. The number of rotatable bonds is 2. The van der Waals surface area contributed by atoms with Crippen molar-refractivity contribution >= 4 is 50.9 Å². The van der Waals surface area contributed by atoms with Gasteiger partial charge in [-0.05, 0) is 69.4 Å². The van der Waals surface area contributed by atoms with Gasteiger partial charge in [0.25, 0.3) is 0 Å². The molecular formula is C11H11I2N3. The lowest BCUT2D eigenvalue weighted by Gasteiger charge is -2.14. The van der Waals surface area contributed by atoms with E-state index in [9.17, 15) is 0 Å². The van der Waals surface area contributed by atoms with Crippen molar-refractivity contribution in [2.75, 3.05) is 19.0 Å². The van der Waals surface area contributed by atoms with E-state index >= 15 is 0 Å². The number of hydrogen-bond acceptors (Lipinski definition) is 2. The molecule has 5 heteroatoms. The van der Waals surface area contributed by atoms with Crippen LogP contribution < -0.4 is 4.90 Å². The Morgan fingerprint density at radius 1 is 1.19 bits per heavy atom.